The van der Waals surface area contributed by atoms with Gasteiger partial charge in [-0.3, -0.25) is 9.69 Å². The summed E-state index contributed by atoms with van der Waals surface area (Å²) in [5.74, 6) is -0.168. The lowest BCUT2D eigenvalue weighted by Crippen LogP contribution is -2.48. The van der Waals surface area contributed by atoms with Crippen LogP contribution in [0.15, 0.2) is 18.2 Å². The number of piperidine rings is 1. The van der Waals surface area contributed by atoms with E-state index in [1.54, 1.807) is 6.07 Å². The van der Waals surface area contributed by atoms with Gasteiger partial charge in [-0.25, -0.2) is 4.79 Å². The number of halogens is 2. The third-order valence-electron chi connectivity index (χ3n) is 3.92. The summed E-state index contributed by atoms with van der Waals surface area (Å²) in [5, 5.41) is 9.12. The van der Waals surface area contributed by atoms with Crippen LogP contribution in [0, 0.1) is 0 Å². The minimum Gasteiger partial charge on any atom is -0.352 e. The Kier molecular flexibility index (Phi) is 7.15. The lowest BCUT2D eigenvalue weighted by molar-refractivity contribution is -0.121. The summed E-state index contributed by atoms with van der Waals surface area (Å²) in [5.41, 5.74) is 1.09. The standard InChI is InChI=1S/C16H22Cl2N4O2/c1-19-16(24)20-9-15(23)21-14-2-4-22(5-3-14)10-11-6-12(17)8-13(18)7-11/h6-8,14H,2-5,9-10H2,1H3,(H,21,23)(H2,19,20,24). The van der Waals surface area contributed by atoms with Gasteiger partial charge >= 0.3 is 6.03 Å². The average molecular weight is 373 g/mol. The zero-order valence-corrected chi connectivity index (χ0v) is 15.1. The summed E-state index contributed by atoms with van der Waals surface area (Å²) in [6, 6.07) is 5.35. The van der Waals surface area contributed by atoms with Gasteiger partial charge in [0.25, 0.3) is 0 Å². The molecule has 0 saturated carbocycles. The maximum Gasteiger partial charge on any atom is 0.314 e. The number of urea groups is 1. The Balaban J connectivity index is 1.73. The Morgan fingerprint density at radius 2 is 1.79 bits per heavy atom. The fourth-order valence-corrected chi connectivity index (χ4v) is 3.29. The molecule has 3 amide bonds. The number of hydrogen-bond acceptors (Lipinski definition) is 3. The molecule has 1 aliphatic heterocycles. The molecule has 1 aliphatic rings. The molecule has 6 nitrogen and oxygen atoms in total. The molecule has 0 unspecified atom stereocenters. The molecular weight excluding hydrogens is 351 g/mol. The molecule has 0 radical (unpaired) electrons. The lowest BCUT2D eigenvalue weighted by Gasteiger charge is -2.32. The van der Waals surface area contributed by atoms with Crippen LogP contribution in [0.3, 0.4) is 0 Å². The van der Waals surface area contributed by atoms with Crippen molar-refractivity contribution >= 4 is 35.1 Å². The molecule has 1 aromatic rings. The first kappa shape index (κ1) is 18.8. The maximum absolute atomic E-state index is 11.8. The van der Waals surface area contributed by atoms with Crippen LogP contribution in [0.5, 0.6) is 0 Å². The Labute approximate surface area is 151 Å². The average Bonchev–Trinajstić information content (AvgIpc) is 2.53. The van der Waals surface area contributed by atoms with Gasteiger partial charge in [-0.15, -0.1) is 0 Å². The van der Waals surface area contributed by atoms with E-state index in [1.807, 2.05) is 12.1 Å². The Morgan fingerprint density at radius 1 is 1.17 bits per heavy atom. The van der Waals surface area contributed by atoms with Crippen LogP contribution in [0.4, 0.5) is 4.79 Å². The van der Waals surface area contributed by atoms with Crippen LogP contribution >= 0.6 is 23.2 Å². The van der Waals surface area contributed by atoms with E-state index in [0.29, 0.717) is 10.0 Å². The smallest absolute Gasteiger partial charge is 0.314 e. The molecule has 1 heterocycles. The summed E-state index contributed by atoms with van der Waals surface area (Å²) in [7, 11) is 1.51. The molecular formula is C16H22Cl2N4O2. The van der Waals surface area contributed by atoms with Gasteiger partial charge in [0, 0.05) is 42.8 Å². The summed E-state index contributed by atoms with van der Waals surface area (Å²) in [6.45, 7) is 2.55. The summed E-state index contributed by atoms with van der Waals surface area (Å²) < 4.78 is 0. The number of rotatable bonds is 5. The van der Waals surface area contributed by atoms with Crippen LogP contribution < -0.4 is 16.0 Å². The molecule has 0 atom stereocenters. The van der Waals surface area contributed by atoms with Crippen molar-refractivity contribution in [3.8, 4) is 0 Å². The van der Waals surface area contributed by atoms with Gasteiger partial charge in [-0.1, -0.05) is 23.2 Å². The number of nitrogens with one attached hydrogen (secondary N) is 3. The van der Waals surface area contributed by atoms with Crippen molar-refractivity contribution in [2.24, 2.45) is 0 Å². The number of nitrogens with zero attached hydrogens (tertiary/aromatic N) is 1. The number of carbonyl (C=O) groups excluding carboxylic acids is 2. The fourth-order valence-electron chi connectivity index (χ4n) is 2.72. The molecule has 0 spiro atoms. The number of hydrogen-bond donors (Lipinski definition) is 3. The first-order valence-corrected chi connectivity index (χ1v) is 8.64. The van der Waals surface area contributed by atoms with E-state index in [9.17, 15) is 9.59 Å². The van der Waals surface area contributed by atoms with Crippen molar-refractivity contribution in [3.63, 3.8) is 0 Å². The normalized spacial score (nSPS) is 15.8. The van der Waals surface area contributed by atoms with Gasteiger partial charge in [0.05, 0.1) is 6.54 Å². The third-order valence-corrected chi connectivity index (χ3v) is 4.35. The summed E-state index contributed by atoms with van der Waals surface area (Å²) in [6.07, 6.45) is 1.75. The Morgan fingerprint density at radius 3 is 2.38 bits per heavy atom. The van der Waals surface area contributed by atoms with E-state index in [0.717, 1.165) is 38.0 Å². The van der Waals surface area contributed by atoms with E-state index in [2.05, 4.69) is 20.9 Å². The quantitative estimate of drug-likeness (QED) is 0.739. The van der Waals surface area contributed by atoms with Crippen LogP contribution in [-0.4, -0.2) is 49.6 Å². The summed E-state index contributed by atoms with van der Waals surface area (Å²) >= 11 is 12.1. The molecule has 1 saturated heterocycles. The van der Waals surface area contributed by atoms with Crippen molar-refractivity contribution in [1.82, 2.24) is 20.9 Å². The van der Waals surface area contributed by atoms with Crippen LogP contribution in [0.2, 0.25) is 10.0 Å². The molecule has 2 rings (SSSR count). The largest absolute Gasteiger partial charge is 0.352 e. The number of carbonyl (C=O) groups is 2. The van der Waals surface area contributed by atoms with Gasteiger partial charge in [0.2, 0.25) is 5.91 Å². The van der Waals surface area contributed by atoms with Crippen molar-refractivity contribution in [2.75, 3.05) is 26.7 Å². The molecule has 0 aromatic heterocycles. The van der Waals surface area contributed by atoms with Gasteiger partial charge in [-0.2, -0.15) is 0 Å². The van der Waals surface area contributed by atoms with Crippen molar-refractivity contribution in [2.45, 2.75) is 25.4 Å². The third kappa shape index (κ3) is 6.19. The SMILES string of the molecule is CNC(=O)NCC(=O)NC1CCN(Cc2cc(Cl)cc(Cl)c2)CC1. The van der Waals surface area contributed by atoms with E-state index < -0.39 is 0 Å². The molecule has 0 aliphatic carbocycles. The second-order valence-corrected chi connectivity index (χ2v) is 6.70. The van der Waals surface area contributed by atoms with E-state index >= 15 is 0 Å². The predicted molar refractivity (Wildman–Crippen MR) is 95.4 cm³/mol. The molecule has 1 fully saturated rings. The summed E-state index contributed by atoms with van der Waals surface area (Å²) in [4.78, 5) is 25.1. The van der Waals surface area contributed by atoms with E-state index in [4.69, 9.17) is 23.2 Å². The molecule has 0 bridgehead atoms. The maximum atomic E-state index is 11.8. The number of likely N-dealkylation sites (tertiary alicyclic amines) is 1. The zero-order valence-electron chi connectivity index (χ0n) is 13.6. The Bertz CT molecular complexity index is 569. The monoisotopic (exact) mass is 372 g/mol. The number of amides is 3. The van der Waals surface area contributed by atoms with Crippen LogP contribution in [0.25, 0.3) is 0 Å². The Hall–Kier alpha value is -1.50. The molecule has 8 heteroatoms. The van der Waals surface area contributed by atoms with Crippen LogP contribution in [-0.2, 0) is 11.3 Å². The highest BCUT2D eigenvalue weighted by molar-refractivity contribution is 6.34. The molecule has 3 N–H and O–H groups in total. The number of benzene rings is 1. The van der Waals surface area contributed by atoms with Gasteiger partial charge < -0.3 is 16.0 Å². The van der Waals surface area contributed by atoms with Crippen molar-refractivity contribution < 1.29 is 9.59 Å². The minimum atomic E-state index is -0.361. The van der Waals surface area contributed by atoms with Gasteiger partial charge in [0.1, 0.15) is 0 Å². The van der Waals surface area contributed by atoms with Gasteiger partial charge in [0.15, 0.2) is 0 Å². The van der Waals surface area contributed by atoms with Gasteiger partial charge in [-0.05, 0) is 36.6 Å². The predicted octanol–water partition coefficient (Wildman–Crippen LogP) is 2.00. The second-order valence-electron chi connectivity index (χ2n) is 5.83. The van der Waals surface area contributed by atoms with E-state index in [1.165, 1.54) is 7.05 Å². The lowest BCUT2D eigenvalue weighted by atomic mass is 10.0. The highest BCUT2D eigenvalue weighted by atomic mass is 35.5. The zero-order chi connectivity index (χ0) is 17.5. The molecule has 1 aromatic carbocycles. The fraction of sp³-hybridized carbons (Fsp3) is 0.500. The van der Waals surface area contributed by atoms with E-state index in [-0.39, 0.29) is 24.5 Å². The van der Waals surface area contributed by atoms with Crippen LogP contribution in [0.1, 0.15) is 18.4 Å². The first-order valence-electron chi connectivity index (χ1n) is 7.88. The topological polar surface area (TPSA) is 73.5 Å². The highest BCUT2D eigenvalue weighted by Gasteiger charge is 2.21. The van der Waals surface area contributed by atoms with Crippen molar-refractivity contribution in [1.29, 1.82) is 0 Å². The molecule has 132 valence electrons. The molecule has 24 heavy (non-hydrogen) atoms. The minimum absolute atomic E-state index is 0.0130. The highest BCUT2D eigenvalue weighted by Crippen LogP contribution is 2.21. The second kappa shape index (κ2) is 9.11. The van der Waals surface area contributed by atoms with Crippen molar-refractivity contribution in [3.05, 3.63) is 33.8 Å². The first-order chi connectivity index (χ1) is 11.5.